The number of rotatable bonds is 7. The Kier molecular flexibility index (Phi) is 8.69. The van der Waals surface area contributed by atoms with Crippen LogP contribution in [0.4, 0.5) is 44.2 Å². The van der Waals surface area contributed by atoms with E-state index in [1.54, 1.807) is 18.2 Å². The Morgan fingerprint density at radius 1 is 0.886 bits per heavy atom. The van der Waals surface area contributed by atoms with Crippen molar-refractivity contribution in [3.63, 3.8) is 0 Å². The van der Waals surface area contributed by atoms with Crippen LogP contribution in [0.25, 0.3) is 0 Å². The number of halogens is 5. The van der Waals surface area contributed by atoms with E-state index in [4.69, 9.17) is 0 Å². The van der Waals surface area contributed by atoms with Crippen molar-refractivity contribution in [3.05, 3.63) is 88.6 Å². The molecule has 6 nitrogen and oxygen atoms in total. The van der Waals surface area contributed by atoms with Crippen LogP contribution >= 0.6 is 15.9 Å². The summed E-state index contributed by atoms with van der Waals surface area (Å²) < 4.78 is 53.2. The highest BCUT2D eigenvalue weighted by molar-refractivity contribution is 9.10. The lowest BCUT2D eigenvalue weighted by atomic mass is 10.2. The van der Waals surface area contributed by atoms with E-state index in [9.17, 15) is 27.2 Å². The average Bonchev–Trinajstić information content (AvgIpc) is 2.79. The van der Waals surface area contributed by atoms with Crippen molar-refractivity contribution in [1.29, 1.82) is 0 Å². The second-order valence-electron chi connectivity index (χ2n) is 7.38. The Balaban J connectivity index is 1.62. The van der Waals surface area contributed by atoms with E-state index in [1.165, 1.54) is 41.3 Å². The highest BCUT2D eigenvalue weighted by atomic mass is 79.9. The molecule has 0 radical (unpaired) electrons. The first kappa shape index (κ1) is 26.0. The van der Waals surface area contributed by atoms with Crippen LogP contribution in [0.5, 0.6) is 0 Å². The Bertz CT molecular complexity index is 1170. The number of nitrogens with one attached hydrogen (secondary N) is 3. The fourth-order valence-corrected chi connectivity index (χ4v) is 3.51. The van der Waals surface area contributed by atoms with Crippen LogP contribution in [0.15, 0.2) is 77.3 Å². The molecular formula is C24H21BrF4N4O2. The third kappa shape index (κ3) is 7.99. The second kappa shape index (κ2) is 11.7. The zero-order chi connectivity index (χ0) is 25.4. The van der Waals surface area contributed by atoms with E-state index in [0.29, 0.717) is 17.8 Å². The minimum Gasteiger partial charge on any atom is -0.338 e. The maximum atomic E-state index is 13.4. The first-order chi connectivity index (χ1) is 16.6. The normalized spacial score (nSPS) is 11.0. The first-order valence-electron chi connectivity index (χ1n) is 10.4. The summed E-state index contributed by atoms with van der Waals surface area (Å²) in [6.45, 7) is 0.308. The molecule has 35 heavy (non-hydrogen) atoms. The molecule has 0 aliphatic carbocycles. The molecule has 3 N–H and O–H groups in total. The van der Waals surface area contributed by atoms with Crippen molar-refractivity contribution in [2.24, 2.45) is 0 Å². The lowest BCUT2D eigenvalue weighted by Gasteiger charge is -2.23. The van der Waals surface area contributed by atoms with E-state index in [2.05, 4.69) is 31.9 Å². The van der Waals surface area contributed by atoms with E-state index >= 15 is 0 Å². The Hall–Kier alpha value is -3.60. The van der Waals surface area contributed by atoms with Gasteiger partial charge in [-0.2, -0.15) is 13.2 Å². The number of anilines is 3. The maximum absolute atomic E-state index is 13.4. The summed E-state index contributed by atoms with van der Waals surface area (Å²) >= 11 is 3.31. The topological polar surface area (TPSA) is 73.5 Å². The molecule has 0 aliphatic rings. The minimum absolute atomic E-state index is 0.0385. The largest absolute Gasteiger partial charge is 0.416 e. The van der Waals surface area contributed by atoms with Gasteiger partial charge in [-0.05, 0) is 67.1 Å². The summed E-state index contributed by atoms with van der Waals surface area (Å²) in [5.74, 6) is -0.502. The van der Waals surface area contributed by atoms with Gasteiger partial charge in [-0.15, -0.1) is 0 Å². The number of carbonyl (C=O) groups is 2. The zero-order valence-electron chi connectivity index (χ0n) is 18.2. The molecule has 0 aromatic heterocycles. The summed E-state index contributed by atoms with van der Waals surface area (Å²) in [5, 5.41) is 7.79. The number of hydrogen-bond donors (Lipinski definition) is 3. The van der Waals surface area contributed by atoms with Gasteiger partial charge in [0.25, 0.3) is 0 Å². The van der Waals surface area contributed by atoms with E-state index in [-0.39, 0.29) is 18.8 Å². The summed E-state index contributed by atoms with van der Waals surface area (Å²) in [6, 6.07) is 15.3. The van der Waals surface area contributed by atoms with Crippen LogP contribution in [-0.2, 0) is 6.18 Å². The van der Waals surface area contributed by atoms with Crippen molar-refractivity contribution >= 4 is 45.1 Å². The van der Waals surface area contributed by atoms with Gasteiger partial charge >= 0.3 is 18.2 Å². The summed E-state index contributed by atoms with van der Waals surface area (Å²) in [5.41, 5.74) is -0.00695. The van der Waals surface area contributed by atoms with Gasteiger partial charge in [0.05, 0.1) is 5.56 Å². The predicted octanol–water partition coefficient (Wildman–Crippen LogP) is 6.86. The van der Waals surface area contributed by atoms with Gasteiger partial charge in [0, 0.05) is 34.6 Å². The van der Waals surface area contributed by atoms with Gasteiger partial charge in [-0.25, -0.2) is 14.0 Å². The lowest BCUT2D eigenvalue weighted by Crippen LogP contribution is -2.38. The summed E-state index contributed by atoms with van der Waals surface area (Å²) in [6.07, 6.45) is -4.24. The number of nitrogens with zero attached hydrogens (tertiary/aromatic N) is 1. The molecule has 11 heteroatoms. The number of amides is 4. The van der Waals surface area contributed by atoms with Gasteiger partial charge in [-0.1, -0.05) is 28.1 Å². The van der Waals surface area contributed by atoms with E-state index in [1.807, 2.05) is 6.07 Å². The molecule has 0 aliphatic heterocycles. The van der Waals surface area contributed by atoms with Crippen molar-refractivity contribution < 1.29 is 27.2 Å². The van der Waals surface area contributed by atoms with Gasteiger partial charge in [-0.3, -0.25) is 4.90 Å². The molecule has 0 unspecified atom stereocenters. The fraction of sp³-hybridized carbons (Fsp3) is 0.167. The molecule has 3 rings (SSSR count). The Morgan fingerprint density at radius 2 is 1.54 bits per heavy atom. The highest BCUT2D eigenvalue weighted by Crippen LogP contribution is 2.31. The molecule has 0 fully saturated rings. The van der Waals surface area contributed by atoms with Gasteiger partial charge in [0.1, 0.15) is 5.82 Å². The highest BCUT2D eigenvalue weighted by Gasteiger charge is 2.30. The SMILES string of the molecule is O=C(NCCCN(C(=O)Nc1cccc(C(F)(F)F)c1)c1ccc(F)cc1)Nc1cccc(Br)c1. The van der Waals surface area contributed by atoms with Gasteiger partial charge < -0.3 is 16.0 Å². The second-order valence-corrected chi connectivity index (χ2v) is 8.30. The number of carbonyl (C=O) groups excluding carboxylic acids is 2. The molecule has 4 amide bonds. The quantitative estimate of drug-likeness (QED) is 0.221. The summed E-state index contributed by atoms with van der Waals surface area (Å²) in [7, 11) is 0. The molecule has 0 heterocycles. The van der Waals surface area contributed by atoms with Crippen molar-refractivity contribution in [2.45, 2.75) is 12.6 Å². The number of hydrogen-bond acceptors (Lipinski definition) is 2. The van der Waals surface area contributed by atoms with Crippen LogP contribution in [-0.4, -0.2) is 25.2 Å². The summed E-state index contributed by atoms with van der Waals surface area (Å²) in [4.78, 5) is 26.3. The van der Waals surface area contributed by atoms with Crippen LogP contribution in [0.3, 0.4) is 0 Å². The number of alkyl halides is 3. The van der Waals surface area contributed by atoms with Crippen molar-refractivity contribution in [1.82, 2.24) is 5.32 Å². The third-order valence-corrected chi connectivity index (χ3v) is 5.24. The van der Waals surface area contributed by atoms with Crippen molar-refractivity contribution in [3.8, 4) is 0 Å². The standard InChI is InChI=1S/C24H21BrF4N4O2/c25-17-5-2-7-20(15-17)31-22(34)30-12-3-13-33(21-10-8-18(26)9-11-21)23(35)32-19-6-1-4-16(14-19)24(27,28)29/h1-2,4-11,14-15H,3,12-13H2,(H,32,35)(H2,30,31,34). The monoisotopic (exact) mass is 552 g/mol. The maximum Gasteiger partial charge on any atom is 0.416 e. The minimum atomic E-state index is -4.56. The van der Waals surface area contributed by atoms with Crippen LogP contribution < -0.4 is 20.9 Å². The third-order valence-electron chi connectivity index (χ3n) is 4.75. The molecule has 0 bridgehead atoms. The lowest BCUT2D eigenvalue weighted by molar-refractivity contribution is -0.137. The molecule has 184 valence electrons. The van der Waals surface area contributed by atoms with Crippen molar-refractivity contribution in [2.75, 3.05) is 28.6 Å². The molecule has 0 saturated heterocycles. The van der Waals surface area contributed by atoms with E-state index in [0.717, 1.165) is 16.6 Å². The van der Waals surface area contributed by atoms with Gasteiger partial charge in [0.2, 0.25) is 0 Å². The predicted molar refractivity (Wildman–Crippen MR) is 130 cm³/mol. The van der Waals surface area contributed by atoms with Crippen LogP contribution in [0.2, 0.25) is 0 Å². The molecule has 0 saturated carbocycles. The average molecular weight is 553 g/mol. The van der Waals surface area contributed by atoms with Crippen LogP contribution in [0, 0.1) is 5.82 Å². The number of urea groups is 2. The molecule has 3 aromatic rings. The fourth-order valence-electron chi connectivity index (χ4n) is 3.11. The van der Waals surface area contributed by atoms with E-state index < -0.39 is 29.6 Å². The Morgan fingerprint density at radius 3 is 2.20 bits per heavy atom. The van der Waals surface area contributed by atoms with Gasteiger partial charge in [0.15, 0.2) is 0 Å². The molecular weight excluding hydrogens is 532 g/mol. The molecule has 0 atom stereocenters. The smallest absolute Gasteiger partial charge is 0.338 e. The Labute approximate surface area is 207 Å². The zero-order valence-corrected chi connectivity index (χ0v) is 19.8. The molecule has 0 spiro atoms. The number of benzene rings is 3. The molecule has 3 aromatic carbocycles. The first-order valence-corrected chi connectivity index (χ1v) is 11.2. The van der Waals surface area contributed by atoms with Crippen LogP contribution in [0.1, 0.15) is 12.0 Å².